The highest BCUT2D eigenvalue weighted by atomic mass is 16.5. The topological polar surface area (TPSA) is 21.3 Å². The molecule has 0 amide bonds. The van der Waals surface area contributed by atoms with Crippen molar-refractivity contribution in [3.8, 4) is 0 Å². The highest BCUT2D eigenvalue weighted by molar-refractivity contribution is 4.79. The minimum atomic E-state index is 0.880. The summed E-state index contributed by atoms with van der Waals surface area (Å²) in [6.45, 7) is 5.52. The molecule has 0 aromatic carbocycles. The average molecular weight is 171 g/mol. The summed E-state index contributed by atoms with van der Waals surface area (Å²) in [5.74, 6) is 1.91. The van der Waals surface area contributed by atoms with Gasteiger partial charge in [0.05, 0.1) is 0 Å². The second kappa shape index (κ2) is 5.55. The number of ether oxygens (including phenoxy) is 1. The molecule has 1 aliphatic rings. The van der Waals surface area contributed by atoms with Crippen molar-refractivity contribution in [2.75, 3.05) is 26.8 Å². The van der Waals surface area contributed by atoms with Gasteiger partial charge in [0.1, 0.15) is 0 Å². The van der Waals surface area contributed by atoms with Crippen LogP contribution >= 0.6 is 0 Å². The molecule has 1 N–H and O–H groups in total. The van der Waals surface area contributed by atoms with E-state index < -0.39 is 0 Å². The van der Waals surface area contributed by atoms with Crippen LogP contribution in [0.4, 0.5) is 0 Å². The van der Waals surface area contributed by atoms with Crippen molar-refractivity contribution in [1.29, 1.82) is 0 Å². The number of rotatable bonds is 7. The van der Waals surface area contributed by atoms with E-state index in [0.717, 1.165) is 31.4 Å². The second-order valence-corrected chi connectivity index (χ2v) is 3.87. The molecule has 1 unspecified atom stereocenters. The van der Waals surface area contributed by atoms with Gasteiger partial charge in [-0.2, -0.15) is 0 Å². The van der Waals surface area contributed by atoms with E-state index in [2.05, 4.69) is 12.2 Å². The normalized spacial score (nSPS) is 19.5. The van der Waals surface area contributed by atoms with Crippen molar-refractivity contribution in [3.05, 3.63) is 0 Å². The van der Waals surface area contributed by atoms with Crippen LogP contribution in [0.2, 0.25) is 0 Å². The Hall–Kier alpha value is -0.0800. The standard InChI is InChI=1S/C10H21NO/c1-9(10-4-5-10)8-11-6-3-7-12-2/h9-11H,3-8H2,1-2H3. The van der Waals surface area contributed by atoms with E-state index in [9.17, 15) is 0 Å². The maximum absolute atomic E-state index is 4.97. The second-order valence-electron chi connectivity index (χ2n) is 3.87. The van der Waals surface area contributed by atoms with Crippen molar-refractivity contribution in [3.63, 3.8) is 0 Å². The Bertz CT molecular complexity index is 112. The zero-order chi connectivity index (χ0) is 8.81. The van der Waals surface area contributed by atoms with E-state index in [1.54, 1.807) is 7.11 Å². The van der Waals surface area contributed by atoms with E-state index in [1.165, 1.54) is 19.4 Å². The quantitative estimate of drug-likeness (QED) is 0.588. The molecule has 1 saturated carbocycles. The first kappa shape index (κ1) is 10.0. The van der Waals surface area contributed by atoms with Crippen LogP contribution in [0.25, 0.3) is 0 Å². The van der Waals surface area contributed by atoms with Gasteiger partial charge in [-0.05, 0) is 44.2 Å². The summed E-state index contributed by atoms with van der Waals surface area (Å²) in [4.78, 5) is 0. The highest BCUT2D eigenvalue weighted by Crippen LogP contribution is 2.35. The van der Waals surface area contributed by atoms with E-state index in [-0.39, 0.29) is 0 Å². The largest absolute Gasteiger partial charge is 0.385 e. The van der Waals surface area contributed by atoms with Crippen LogP contribution in [0.1, 0.15) is 26.2 Å². The molecule has 2 heteroatoms. The van der Waals surface area contributed by atoms with Crippen LogP contribution in [0.15, 0.2) is 0 Å². The molecule has 12 heavy (non-hydrogen) atoms. The lowest BCUT2D eigenvalue weighted by molar-refractivity contribution is 0.193. The van der Waals surface area contributed by atoms with Crippen LogP contribution in [-0.4, -0.2) is 26.8 Å². The van der Waals surface area contributed by atoms with Crippen molar-refractivity contribution < 1.29 is 4.74 Å². The van der Waals surface area contributed by atoms with Crippen LogP contribution in [0.5, 0.6) is 0 Å². The summed E-state index contributed by atoms with van der Waals surface area (Å²) in [6, 6.07) is 0. The summed E-state index contributed by atoms with van der Waals surface area (Å²) in [5, 5.41) is 3.46. The molecular weight excluding hydrogens is 150 g/mol. The van der Waals surface area contributed by atoms with Gasteiger partial charge in [-0.15, -0.1) is 0 Å². The van der Waals surface area contributed by atoms with Gasteiger partial charge in [-0.1, -0.05) is 6.92 Å². The van der Waals surface area contributed by atoms with E-state index in [1.807, 2.05) is 0 Å². The van der Waals surface area contributed by atoms with Crippen LogP contribution < -0.4 is 5.32 Å². The predicted molar refractivity (Wildman–Crippen MR) is 51.3 cm³/mol. The smallest absolute Gasteiger partial charge is 0.0474 e. The van der Waals surface area contributed by atoms with Crippen molar-refractivity contribution in [1.82, 2.24) is 5.32 Å². The first-order valence-corrected chi connectivity index (χ1v) is 5.04. The lowest BCUT2D eigenvalue weighted by Gasteiger charge is -2.10. The number of hydrogen-bond acceptors (Lipinski definition) is 2. The molecule has 0 aromatic heterocycles. The summed E-state index contributed by atoms with van der Waals surface area (Å²) in [7, 11) is 1.76. The van der Waals surface area contributed by atoms with Gasteiger partial charge >= 0.3 is 0 Å². The maximum atomic E-state index is 4.97. The Balaban J connectivity index is 1.81. The molecule has 0 bridgehead atoms. The molecule has 0 saturated heterocycles. The molecule has 0 aliphatic heterocycles. The maximum Gasteiger partial charge on any atom is 0.0474 e. The summed E-state index contributed by atoms with van der Waals surface area (Å²) in [5.41, 5.74) is 0. The van der Waals surface area contributed by atoms with Gasteiger partial charge < -0.3 is 10.1 Å². The van der Waals surface area contributed by atoms with Gasteiger partial charge in [-0.3, -0.25) is 0 Å². The Morgan fingerprint density at radius 3 is 2.83 bits per heavy atom. The Kier molecular flexibility index (Phi) is 4.62. The van der Waals surface area contributed by atoms with Gasteiger partial charge in [0.15, 0.2) is 0 Å². The van der Waals surface area contributed by atoms with Crippen molar-refractivity contribution >= 4 is 0 Å². The van der Waals surface area contributed by atoms with E-state index >= 15 is 0 Å². The van der Waals surface area contributed by atoms with Crippen LogP contribution in [0, 0.1) is 11.8 Å². The van der Waals surface area contributed by atoms with Gasteiger partial charge in [0, 0.05) is 13.7 Å². The lowest BCUT2D eigenvalue weighted by Crippen LogP contribution is -2.23. The molecule has 0 radical (unpaired) electrons. The Morgan fingerprint density at radius 2 is 2.25 bits per heavy atom. The lowest BCUT2D eigenvalue weighted by atomic mass is 10.1. The fourth-order valence-electron chi connectivity index (χ4n) is 1.50. The van der Waals surface area contributed by atoms with Crippen LogP contribution in [-0.2, 0) is 4.74 Å². The molecule has 0 heterocycles. The van der Waals surface area contributed by atoms with Crippen molar-refractivity contribution in [2.24, 2.45) is 11.8 Å². The molecule has 2 nitrogen and oxygen atoms in total. The van der Waals surface area contributed by atoms with Gasteiger partial charge in [0.25, 0.3) is 0 Å². The summed E-state index contributed by atoms with van der Waals surface area (Å²) >= 11 is 0. The molecule has 1 fully saturated rings. The third-order valence-electron chi connectivity index (χ3n) is 2.60. The Labute approximate surface area is 75.7 Å². The summed E-state index contributed by atoms with van der Waals surface area (Å²) < 4.78 is 4.97. The number of methoxy groups -OCH3 is 1. The number of nitrogens with one attached hydrogen (secondary N) is 1. The van der Waals surface area contributed by atoms with Crippen LogP contribution in [0.3, 0.4) is 0 Å². The van der Waals surface area contributed by atoms with Gasteiger partial charge in [-0.25, -0.2) is 0 Å². The number of hydrogen-bond donors (Lipinski definition) is 1. The fraction of sp³-hybridized carbons (Fsp3) is 1.00. The third kappa shape index (κ3) is 4.07. The third-order valence-corrected chi connectivity index (χ3v) is 2.60. The van der Waals surface area contributed by atoms with E-state index in [0.29, 0.717) is 0 Å². The highest BCUT2D eigenvalue weighted by Gasteiger charge is 2.27. The monoisotopic (exact) mass is 171 g/mol. The molecule has 0 aromatic rings. The zero-order valence-corrected chi connectivity index (χ0v) is 8.31. The molecule has 0 spiro atoms. The SMILES string of the molecule is COCCCNCC(C)C1CC1. The van der Waals surface area contributed by atoms with E-state index in [4.69, 9.17) is 4.74 Å². The average Bonchev–Trinajstić information content (AvgIpc) is 2.86. The molecule has 1 aliphatic carbocycles. The molecule has 1 rings (SSSR count). The van der Waals surface area contributed by atoms with Gasteiger partial charge in [0.2, 0.25) is 0 Å². The predicted octanol–water partition coefficient (Wildman–Crippen LogP) is 1.66. The molecular formula is C10H21NO. The minimum Gasteiger partial charge on any atom is -0.385 e. The zero-order valence-electron chi connectivity index (χ0n) is 8.31. The first-order valence-electron chi connectivity index (χ1n) is 5.04. The van der Waals surface area contributed by atoms with Crippen molar-refractivity contribution in [2.45, 2.75) is 26.2 Å². The molecule has 72 valence electrons. The fourth-order valence-corrected chi connectivity index (χ4v) is 1.50. The summed E-state index contributed by atoms with van der Waals surface area (Å²) in [6.07, 6.45) is 4.05. The molecule has 1 atom stereocenters. The Morgan fingerprint density at radius 1 is 1.50 bits per heavy atom. The first-order chi connectivity index (χ1) is 5.84. The minimum absolute atomic E-state index is 0.880.